The Balaban J connectivity index is 2.86. The van der Waals surface area contributed by atoms with E-state index in [0.29, 0.717) is 29.7 Å². The highest BCUT2D eigenvalue weighted by molar-refractivity contribution is 6.32. The quantitative estimate of drug-likeness (QED) is 0.720. The first-order chi connectivity index (χ1) is 10.3. The average Bonchev–Trinajstić information content (AvgIpc) is 2.43. The number of amides is 1. The fourth-order valence-corrected chi connectivity index (χ4v) is 2.20. The smallest absolute Gasteiger partial charge is 0.255 e. The lowest BCUT2D eigenvalue weighted by atomic mass is 10.1. The largest absolute Gasteiger partial charge is 0.493 e. The second kappa shape index (κ2) is 8.22. The molecule has 0 radical (unpaired) electrons. The number of methoxy groups -OCH3 is 2. The van der Waals surface area contributed by atoms with Crippen LogP contribution in [0.15, 0.2) is 12.1 Å². The van der Waals surface area contributed by atoms with Gasteiger partial charge >= 0.3 is 0 Å². The van der Waals surface area contributed by atoms with Gasteiger partial charge in [0.15, 0.2) is 18.1 Å². The molecule has 0 spiro atoms. The minimum absolute atomic E-state index is 0.171. The molecule has 3 N–H and O–H groups in total. The monoisotopic (exact) mass is 330 g/mol. The number of ether oxygens (including phenoxy) is 3. The summed E-state index contributed by atoms with van der Waals surface area (Å²) in [6.45, 7) is 4.99. The third-order valence-electron chi connectivity index (χ3n) is 2.92. The van der Waals surface area contributed by atoms with Gasteiger partial charge in [0, 0.05) is 19.2 Å². The van der Waals surface area contributed by atoms with E-state index in [0.717, 1.165) is 5.56 Å². The molecule has 0 aliphatic rings. The van der Waals surface area contributed by atoms with Gasteiger partial charge in [-0.25, -0.2) is 0 Å². The Morgan fingerprint density at radius 2 is 2.05 bits per heavy atom. The minimum Gasteiger partial charge on any atom is -0.493 e. The van der Waals surface area contributed by atoms with E-state index >= 15 is 0 Å². The number of hydrogen-bond donors (Lipinski definition) is 2. The normalized spacial score (nSPS) is 11.3. The Kier molecular flexibility index (Phi) is 6.93. The van der Waals surface area contributed by atoms with Gasteiger partial charge in [-0.05, 0) is 31.5 Å². The van der Waals surface area contributed by atoms with Crippen molar-refractivity contribution >= 4 is 17.5 Å². The van der Waals surface area contributed by atoms with Crippen molar-refractivity contribution in [3.63, 3.8) is 0 Å². The molecule has 1 aromatic rings. The van der Waals surface area contributed by atoms with Crippen LogP contribution in [0, 0.1) is 0 Å². The van der Waals surface area contributed by atoms with Crippen LogP contribution in [-0.2, 0) is 16.1 Å². The number of rotatable bonds is 9. The summed E-state index contributed by atoms with van der Waals surface area (Å²) < 4.78 is 15.7. The third kappa shape index (κ3) is 5.71. The van der Waals surface area contributed by atoms with Crippen LogP contribution in [-0.4, -0.2) is 38.9 Å². The van der Waals surface area contributed by atoms with Gasteiger partial charge in [-0.1, -0.05) is 11.6 Å². The van der Waals surface area contributed by atoms with Gasteiger partial charge in [0.1, 0.15) is 0 Å². The van der Waals surface area contributed by atoms with Gasteiger partial charge in [0.2, 0.25) is 0 Å². The summed E-state index contributed by atoms with van der Waals surface area (Å²) in [6, 6.07) is 3.56. The predicted molar refractivity (Wildman–Crippen MR) is 85.5 cm³/mol. The molecule has 0 bridgehead atoms. The van der Waals surface area contributed by atoms with E-state index in [1.807, 2.05) is 13.8 Å². The van der Waals surface area contributed by atoms with Crippen molar-refractivity contribution in [2.24, 2.45) is 5.73 Å². The van der Waals surface area contributed by atoms with E-state index in [4.69, 9.17) is 31.5 Å². The predicted octanol–water partition coefficient (Wildman–Crippen LogP) is 1.73. The lowest BCUT2D eigenvalue weighted by Gasteiger charge is -2.25. The van der Waals surface area contributed by atoms with Crippen LogP contribution in [0.2, 0.25) is 5.02 Å². The van der Waals surface area contributed by atoms with Crippen LogP contribution < -0.4 is 20.5 Å². The zero-order valence-electron chi connectivity index (χ0n) is 13.4. The highest BCUT2D eigenvalue weighted by atomic mass is 35.5. The molecule has 1 aromatic carbocycles. The molecule has 0 aliphatic heterocycles. The second-order valence-corrected chi connectivity index (χ2v) is 5.94. The standard InChI is InChI=1S/C15H23ClN2O4/c1-15(2,9-20-3)18-7-10-5-11(16)14(12(6-10)21-4)22-8-13(17)19/h5-6,18H,7-9H2,1-4H3,(H2,17,19). The van der Waals surface area contributed by atoms with E-state index in [-0.39, 0.29) is 12.1 Å². The molecule has 0 saturated heterocycles. The Morgan fingerprint density at radius 3 is 2.59 bits per heavy atom. The molecule has 1 rings (SSSR count). The van der Waals surface area contributed by atoms with Gasteiger partial charge < -0.3 is 25.3 Å². The second-order valence-electron chi connectivity index (χ2n) is 5.53. The number of primary amides is 1. The summed E-state index contributed by atoms with van der Waals surface area (Å²) in [5.41, 5.74) is 5.82. The maximum Gasteiger partial charge on any atom is 0.255 e. The number of carbonyl (C=O) groups excluding carboxylic acids is 1. The molecule has 0 atom stereocenters. The highest BCUT2D eigenvalue weighted by Crippen LogP contribution is 2.36. The zero-order chi connectivity index (χ0) is 16.8. The number of nitrogens with two attached hydrogens (primary N) is 1. The number of nitrogens with one attached hydrogen (secondary N) is 1. The summed E-state index contributed by atoms with van der Waals surface area (Å²) in [5.74, 6) is 0.183. The van der Waals surface area contributed by atoms with E-state index in [1.54, 1.807) is 19.2 Å². The van der Waals surface area contributed by atoms with E-state index < -0.39 is 5.91 Å². The summed E-state index contributed by atoms with van der Waals surface area (Å²) in [4.78, 5) is 10.8. The summed E-state index contributed by atoms with van der Waals surface area (Å²) >= 11 is 6.20. The van der Waals surface area contributed by atoms with Crippen LogP contribution in [0.4, 0.5) is 0 Å². The summed E-state index contributed by atoms with van der Waals surface area (Å²) in [6.07, 6.45) is 0. The maximum absolute atomic E-state index is 10.8. The van der Waals surface area contributed by atoms with Crippen molar-refractivity contribution < 1.29 is 19.0 Å². The number of halogens is 1. The highest BCUT2D eigenvalue weighted by Gasteiger charge is 2.18. The first kappa shape index (κ1) is 18.5. The van der Waals surface area contributed by atoms with Crippen molar-refractivity contribution in [1.29, 1.82) is 0 Å². The SMILES string of the molecule is COCC(C)(C)NCc1cc(Cl)c(OCC(N)=O)c(OC)c1. The number of benzene rings is 1. The molecular formula is C15H23ClN2O4. The van der Waals surface area contributed by atoms with E-state index in [9.17, 15) is 4.79 Å². The summed E-state index contributed by atoms with van der Waals surface area (Å²) in [5, 5.41) is 3.73. The van der Waals surface area contributed by atoms with Crippen molar-refractivity contribution in [2.45, 2.75) is 25.9 Å². The van der Waals surface area contributed by atoms with Gasteiger partial charge in [0.25, 0.3) is 5.91 Å². The van der Waals surface area contributed by atoms with Crippen LogP contribution in [0.5, 0.6) is 11.5 Å². The Morgan fingerprint density at radius 1 is 1.36 bits per heavy atom. The number of carbonyl (C=O) groups is 1. The lowest BCUT2D eigenvalue weighted by Crippen LogP contribution is -2.42. The zero-order valence-corrected chi connectivity index (χ0v) is 14.1. The molecule has 6 nitrogen and oxygen atoms in total. The summed E-state index contributed by atoms with van der Waals surface area (Å²) in [7, 11) is 3.17. The Labute approximate surface area is 135 Å². The van der Waals surface area contributed by atoms with Gasteiger partial charge in [-0.15, -0.1) is 0 Å². The molecule has 124 valence electrons. The Bertz CT molecular complexity index is 521. The van der Waals surface area contributed by atoms with Crippen molar-refractivity contribution in [2.75, 3.05) is 27.4 Å². The van der Waals surface area contributed by atoms with Crippen molar-refractivity contribution in [1.82, 2.24) is 5.32 Å². The lowest BCUT2D eigenvalue weighted by molar-refractivity contribution is -0.119. The van der Waals surface area contributed by atoms with Gasteiger partial charge in [0.05, 0.1) is 18.7 Å². The van der Waals surface area contributed by atoms with Crippen LogP contribution >= 0.6 is 11.6 Å². The van der Waals surface area contributed by atoms with Crippen LogP contribution in [0.3, 0.4) is 0 Å². The van der Waals surface area contributed by atoms with Crippen molar-refractivity contribution in [3.05, 3.63) is 22.7 Å². The average molecular weight is 331 g/mol. The molecule has 22 heavy (non-hydrogen) atoms. The molecule has 0 unspecified atom stereocenters. The molecule has 0 aliphatic carbocycles. The van der Waals surface area contributed by atoms with Crippen LogP contribution in [0.25, 0.3) is 0 Å². The van der Waals surface area contributed by atoms with Crippen LogP contribution in [0.1, 0.15) is 19.4 Å². The van der Waals surface area contributed by atoms with Gasteiger partial charge in [-0.3, -0.25) is 4.79 Å². The third-order valence-corrected chi connectivity index (χ3v) is 3.20. The molecule has 0 heterocycles. The fraction of sp³-hybridized carbons (Fsp3) is 0.533. The fourth-order valence-electron chi connectivity index (χ4n) is 1.91. The Hall–Kier alpha value is -1.50. The first-order valence-corrected chi connectivity index (χ1v) is 7.18. The van der Waals surface area contributed by atoms with E-state index in [1.165, 1.54) is 7.11 Å². The minimum atomic E-state index is -0.579. The molecule has 0 aromatic heterocycles. The molecule has 0 saturated carbocycles. The van der Waals surface area contributed by atoms with E-state index in [2.05, 4.69) is 5.32 Å². The number of hydrogen-bond acceptors (Lipinski definition) is 5. The molecule has 7 heteroatoms. The molecular weight excluding hydrogens is 308 g/mol. The molecule has 1 amide bonds. The topological polar surface area (TPSA) is 82.8 Å². The van der Waals surface area contributed by atoms with Crippen molar-refractivity contribution in [3.8, 4) is 11.5 Å². The molecule has 0 fully saturated rings. The van der Waals surface area contributed by atoms with Gasteiger partial charge in [-0.2, -0.15) is 0 Å². The maximum atomic E-state index is 10.8. The first-order valence-electron chi connectivity index (χ1n) is 6.80.